The number of hydrogen-bond donors (Lipinski definition) is 1. The Kier molecular flexibility index (Phi) is 4.58. The van der Waals surface area contributed by atoms with Crippen molar-refractivity contribution in [2.45, 2.75) is 13.0 Å². The van der Waals surface area contributed by atoms with Crippen LogP contribution in [0.2, 0.25) is 5.02 Å². The normalized spacial score (nSPS) is 27.6. The highest BCUT2D eigenvalue weighted by molar-refractivity contribution is 6.33. The summed E-state index contributed by atoms with van der Waals surface area (Å²) < 4.78 is 5.51. The summed E-state index contributed by atoms with van der Waals surface area (Å²) >= 11 is 6.24. The minimum atomic E-state index is 0.0435. The molecule has 0 amide bonds. The monoisotopic (exact) mass is 361 g/mol. The highest BCUT2D eigenvalue weighted by Crippen LogP contribution is 2.42. The second kappa shape index (κ2) is 6.72. The molecule has 134 valence electrons. The first-order valence-corrected chi connectivity index (χ1v) is 9.20. The molecule has 1 aromatic heterocycles. The number of piperidine rings is 1. The number of fused-ring (bicyclic) bond motifs is 1. The molecular formula is C19H24ClN3O2. The van der Waals surface area contributed by atoms with E-state index in [9.17, 15) is 5.11 Å². The largest absolute Gasteiger partial charge is 0.396 e. The number of aromatic nitrogens is 1. The first-order chi connectivity index (χ1) is 12.1. The lowest BCUT2D eigenvalue weighted by Gasteiger charge is -2.41. The smallest absolute Gasteiger partial charge is 0.168 e. The van der Waals surface area contributed by atoms with E-state index in [0.29, 0.717) is 16.7 Å². The van der Waals surface area contributed by atoms with Gasteiger partial charge in [-0.3, -0.25) is 4.90 Å². The lowest BCUT2D eigenvalue weighted by Crippen LogP contribution is -2.47. The van der Waals surface area contributed by atoms with Gasteiger partial charge in [0.25, 0.3) is 0 Å². The topological polar surface area (TPSA) is 52.7 Å². The summed E-state index contributed by atoms with van der Waals surface area (Å²) in [5.74, 6) is 1.22. The Bertz CT molecular complexity index is 750. The molecule has 2 saturated heterocycles. The van der Waals surface area contributed by atoms with Crippen molar-refractivity contribution in [3.63, 3.8) is 0 Å². The molecule has 0 radical (unpaired) electrons. The zero-order valence-electron chi connectivity index (χ0n) is 14.5. The van der Waals surface area contributed by atoms with Crippen molar-refractivity contribution in [3.05, 3.63) is 41.0 Å². The lowest BCUT2D eigenvalue weighted by molar-refractivity contribution is 0.0278. The van der Waals surface area contributed by atoms with Gasteiger partial charge in [0.15, 0.2) is 5.76 Å². The van der Waals surface area contributed by atoms with Crippen molar-refractivity contribution in [3.8, 4) is 11.3 Å². The Morgan fingerprint density at radius 1 is 1.36 bits per heavy atom. The second-order valence-electron chi connectivity index (χ2n) is 7.56. The molecule has 3 heterocycles. The van der Waals surface area contributed by atoms with Gasteiger partial charge in [-0.15, -0.1) is 0 Å². The average molecular weight is 362 g/mol. The molecule has 5 nitrogen and oxygen atoms in total. The van der Waals surface area contributed by atoms with E-state index >= 15 is 0 Å². The molecule has 1 N–H and O–H groups in total. The molecule has 4 rings (SSSR count). The van der Waals surface area contributed by atoms with Crippen molar-refractivity contribution < 1.29 is 9.63 Å². The van der Waals surface area contributed by atoms with E-state index in [1.54, 1.807) is 0 Å². The minimum absolute atomic E-state index is 0.0435. The summed E-state index contributed by atoms with van der Waals surface area (Å²) in [5.41, 5.74) is 1.82. The molecule has 0 unspecified atom stereocenters. The molecule has 0 spiro atoms. The van der Waals surface area contributed by atoms with Crippen LogP contribution in [0.4, 0.5) is 0 Å². The third-order valence-corrected chi connectivity index (χ3v) is 6.13. The van der Waals surface area contributed by atoms with Gasteiger partial charge in [0, 0.05) is 43.2 Å². The summed E-state index contributed by atoms with van der Waals surface area (Å²) in [5, 5.41) is 14.9. The van der Waals surface area contributed by atoms with E-state index in [0.717, 1.165) is 50.4 Å². The van der Waals surface area contributed by atoms with Crippen molar-refractivity contribution in [2.24, 2.45) is 11.3 Å². The van der Waals surface area contributed by atoms with E-state index < -0.39 is 0 Å². The van der Waals surface area contributed by atoms with Crippen molar-refractivity contribution in [2.75, 3.05) is 39.8 Å². The van der Waals surface area contributed by atoms with Crippen LogP contribution in [-0.4, -0.2) is 59.9 Å². The summed E-state index contributed by atoms with van der Waals surface area (Å²) in [4.78, 5) is 4.77. The maximum absolute atomic E-state index is 10.0. The van der Waals surface area contributed by atoms with E-state index in [4.69, 9.17) is 16.1 Å². The Hall–Kier alpha value is -1.40. The van der Waals surface area contributed by atoms with Crippen LogP contribution in [0.25, 0.3) is 11.3 Å². The number of likely N-dealkylation sites (tertiary alicyclic amines) is 2. The van der Waals surface area contributed by atoms with E-state index in [-0.39, 0.29) is 12.0 Å². The highest BCUT2D eigenvalue weighted by Gasteiger charge is 2.48. The number of hydrogen-bond acceptors (Lipinski definition) is 5. The lowest BCUT2D eigenvalue weighted by atomic mass is 9.73. The van der Waals surface area contributed by atoms with E-state index in [1.807, 2.05) is 30.3 Å². The summed E-state index contributed by atoms with van der Waals surface area (Å²) in [6, 6.07) is 9.61. The molecule has 2 fully saturated rings. The fraction of sp³-hybridized carbons (Fsp3) is 0.526. The van der Waals surface area contributed by atoms with Crippen molar-refractivity contribution in [1.82, 2.24) is 15.0 Å². The summed E-state index contributed by atoms with van der Waals surface area (Å²) in [7, 11) is 2.16. The fourth-order valence-electron chi connectivity index (χ4n) is 4.34. The first-order valence-electron chi connectivity index (χ1n) is 8.82. The van der Waals surface area contributed by atoms with Crippen LogP contribution in [0, 0.1) is 11.3 Å². The fourth-order valence-corrected chi connectivity index (χ4v) is 4.57. The van der Waals surface area contributed by atoms with Gasteiger partial charge in [-0.2, -0.15) is 0 Å². The third kappa shape index (κ3) is 3.22. The Balaban J connectivity index is 1.48. The van der Waals surface area contributed by atoms with Gasteiger partial charge in [-0.05, 0) is 38.1 Å². The zero-order valence-corrected chi connectivity index (χ0v) is 15.2. The van der Waals surface area contributed by atoms with Gasteiger partial charge in [0.2, 0.25) is 0 Å². The second-order valence-corrected chi connectivity index (χ2v) is 7.97. The molecule has 2 aliphatic rings. The van der Waals surface area contributed by atoms with Crippen LogP contribution in [0.1, 0.15) is 12.1 Å². The van der Waals surface area contributed by atoms with E-state index in [1.165, 1.54) is 0 Å². The molecule has 2 atom stereocenters. The van der Waals surface area contributed by atoms with Gasteiger partial charge in [0.05, 0.1) is 17.3 Å². The van der Waals surface area contributed by atoms with Gasteiger partial charge < -0.3 is 14.5 Å². The van der Waals surface area contributed by atoms with Crippen LogP contribution in [-0.2, 0) is 6.54 Å². The van der Waals surface area contributed by atoms with Crippen LogP contribution in [0.5, 0.6) is 0 Å². The predicted molar refractivity (Wildman–Crippen MR) is 97.3 cm³/mol. The van der Waals surface area contributed by atoms with Crippen LogP contribution >= 0.6 is 11.6 Å². The Morgan fingerprint density at radius 2 is 2.20 bits per heavy atom. The molecule has 0 aliphatic carbocycles. The first kappa shape index (κ1) is 17.0. The Labute approximate surface area is 153 Å². The number of benzene rings is 1. The Morgan fingerprint density at radius 3 is 3.00 bits per heavy atom. The van der Waals surface area contributed by atoms with Gasteiger partial charge in [0.1, 0.15) is 0 Å². The SMILES string of the molecule is CN1CC[C@@]2(CO)CN(Cc3cc(-c4ccccc4Cl)on3)C[C@H]2C1. The molecular weight excluding hydrogens is 338 g/mol. The summed E-state index contributed by atoms with van der Waals surface area (Å²) in [6.07, 6.45) is 1.06. The van der Waals surface area contributed by atoms with Gasteiger partial charge in [-0.1, -0.05) is 28.9 Å². The number of aliphatic hydroxyl groups is 1. The number of halogens is 1. The molecule has 0 saturated carbocycles. The number of aliphatic hydroxyl groups excluding tert-OH is 1. The average Bonchev–Trinajstić information content (AvgIpc) is 3.20. The molecule has 0 bridgehead atoms. The van der Waals surface area contributed by atoms with E-state index in [2.05, 4.69) is 22.0 Å². The van der Waals surface area contributed by atoms with Crippen LogP contribution < -0.4 is 0 Å². The maximum Gasteiger partial charge on any atom is 0.168 e. The van der Waals surface area contributed by atoms with Crippen LogP contribution in [0.15, 0.2) is 34.9 Å². The zero-order chi connectivity index (χ0) is 17.4. The summed E-state index contributed by atoms with van der Waals surface area (Å²) in [6.45, 7) is 5.06. The number of nitrogens with zero attached hydrogens (tertiary/aromatic N) is 3. The van der Waals surface area contributed by atoms with Crippen LogP contribution in [0.3, 0.4) is 0 Å². The quantitative estimate of drug-likeness (QED) is 0.907. The molecule has 2 aromatic rings. The maximum atomic E-state index is 10.0. The minimum Gasteiger partial charge on any atom is -0.396 e. The third-order valence-electron chi connectivity index (χ3n) is 5.81. The van der Waals surface area contributed by atoms with Crippen molar-refractivity contribution >= 4 is 11.6 Å². The highest BCUT2D eigenvalue weighted by atomic mass is 35.5. The number of rotatable bonds is 4. The van der Waals surface area contributed by atoms with Crippen molar-refractivity contribution in [1.29, 1.82) is 0 Å². The molecule has 2 aliphatic heterocycles. The molecule has 25 heavy (non-hydrogen) atoms. The molecule has 1 aromatic carbocycles. The molecule has 6 heteroatoms. The predicted octanol–water partition coefficient (Wildman–Crippen LogP) is 2.74. The van der Waals surface area contributed by atoms with Gasteiger partial charge >= 0.3 is 0 Å². The van der Waals surface area contributed by atoms with Gasteiger partial charge in [-0.25, -0.2) is 0 Å². The standard InChI is InChI=1S/C19H24ClN3O2/c1-22-7-6-19(13-24)12-23(10-14(19)9-22)11-15-8-18(25-21-15)16-4-2-3-5-17(16)20/h2-5,8,14,24H,6-7,9-13H2,1H3/t14-,19+/m1/s1.